The number of halogens is 2. The van der Waals surface area contributed by atoms with Crippen LogP contribution in [0.5, 0.6) is 5.75 Å². The quantitative estimate of drug-likeness (QED) is 0.889. The standard InChI is InChI=1S/C15H22N2O.2ClH.H3N/c1-17-12-5-6-13(17)9-15(8-12)18-14-4-2-3-11(7-14)10-16;;;/h2-4,7,12-13,15H,5-6,8-10,16H2,1H3;2*1H;1H3/t12-,13+,15?;;;. The summed E-state index contributed by atoms with van der Waals surface area (Å²) in [6.45, 7) is 0.579. The van der Waals surface area contributed by atoms with Gasteiger partial charge in [-0.2, -0.15) is 0 Å². The molecule has 2 saturated heterocycles. The van der Waals surface area contributed by atoms with Crippen molar-refractivity contribution in [3.05, 3.63) is 29.8 Å². The first kappa shape index (κ1) is 20.5. The van der Waals surface area contributed by atoms with Gasteiger partial charge in [-0.15, -0.1) is 24.8 Å². The van der Waals surface area contributed by atoms with E-state index >= 15 is 0 Å². The van der Waals surface area contributed by atoms with E-state index in [4.69, 9.17) is 10.5 Å². The Hall–Kier alpha value is -0.520. The lowest BCUT2D eigenvalue weighted by atomic mass is 10.0. The summed E-state index contributed by atoms with van der Waals surface area (Å²) in [5, 5.41) is 0. The van der Waals surface area contributed by atoms with E-state index in [1.807, 2.05) is 18.2 Å². The molecule has 1 aromatic carbocycles. The molecule has 4 nitrogen and oxygen atoms in total. The highest BCUT2D eigenvalue weighted by molar-refractivity contribution is 5.85. The lowest BCUT2D eigenvalue weighted by molar-refractivity contribution is 0.0661. The predicted molar refractivity (Wildman–Crippen MR) is 92.1 cm³/mol. The van der Waals surface area contributed by atoms with Gasteiger partial charge in [0.15, 0.2) is 0 Å². The molecule has 3 atom stereocenters. The molecule has 2 bridgehead atoms. The Balaban J connectivity index is 0.00000133. The van der Waals surface area contributed by atoms with Crippen LogP contribution in [-0.4, -0.2) is 30.1 Å². The molecule has 2 aliphatic rings. The summed E-state index contributed by atoms with van der Waals surface area (Å²) in [4.78, 5) is 2.54. The summed E-state index contributed by atoms with van der Waals surface area (Å²) in [5.41, 5.74) is 6.80. The molecule has 0 amide bonds. The average molecular weight is 336 g/mol. The number of hydrogen-bond acceptors (Lipinski definition) is 4. The molecule has 3 rings (SSSR count). The number of nitrogens with two attached hydrogens (primary N) is 1. The van der Waals surface area contributed by atoms with E-state index < -0.39 is 0 Å². The number of fused-ring (bicyclic) bond motifs is 2. The maximum Gasteiger partial charge on any atom is 0.120 e. The van der Waals surface area contributed by atoms with Crippen LogP contribution in [-0.2, 0) is 6.54 Å². The Labute approximate surface area is 139 Å². The van der Waals surface area contributed by atoms with Crippen molar-refractivity contribution in [1.82, 2.24) is 11.1 Å². The SMILES string of the molecule is CN1[C@@H]2CC[C@H]1CC(Oc1cccc(CN)c1)C2.Cl.Cl.N. The van der Waals surface area contributed by atoms with Crippen LogP contribution in [0.4, 0.5) is 0 Å². The Kier molecular flexibility index (Phi) is 8.59. The second-order valence-electron chi connectivity index (χ2n) is 5.61. The van der Waals surface area contributed by atoms with Crippen LogP contribution in [0.25, 0.3) is 0 Å². The third-order valence-electron chi connectivity index (χ3n) is 4.49. The number of benzene rings is 1. The molecular weight excluding hydrogens is 309 g/mol. The highest BCUT2D eigenvalue weighted by atomic mass is 35.5. The summed E-state index contributed by atoms with van der Waals surface area (Å²) in [7, 11) is 2.26. The zero-order valence-electron chi connectivity index (χ0n) is 12.5. The number of piperidine rings is 1. The van der Waals surface area contributed by atoms with Gasteiger partial charge < -0.3 is 21.5 Å². The monoisotopic (exact) mass is 335 g/mol. The molecule has 6 heteroatoms. The van der Waals surface area contributed by atoms with Crippen molar-refractivity contribution in [2.24, 2.45) is 5.73 Å². The molecule has 0 aliphatic carbocycles. The normalized spacial score (nSPS) is 27.0. The van der Waals surface area contributed by atoms with Gasteiger partial charge in [-0.3, -0.25) is 0 Å². The van der Waals surface area contributed by atoms with Crippen molar-refractivity contribution in [3.8, 4) is 5.75 Å². The molecule has 1 aromatic rings. The van der Waals surface area contributed by atoms with E-state index in [2.05, 4.69) is 18.0 Å². The van der Waals surface area contributed by atoms with Crippen LogP contribution in [0.3, 0.4) is 0 Å². The maximum atomic E-state index is 6.14. The van der Waals surface area contributed by atoms with Gasteiger partial charge in [-0.05, 0) is 50.4 Å². The van der Waals surface area contributed by atoms with Gasteiger partial charge in [0.25, 0.3) is 0 Å². The molecule has 5 N–H and O–H groups in total. The predicted octanol–water partition coefficient (Wildman–Crippen LogP) is 3.15. The minimum Gasteiger partial charge on any atom is -0.490 e. The van der Waals surface area contributed by atoms with Gasteiger partial charge in [0.05, 0.1) is 0 Å². The molecular formula is C15H27Cl2N3O. The van der Waals surface area contributed by atoms with Gasteiger partial charge in [0.1, 0.15) is 11.9 Å². The Bertz CT molecular complexity index is 419. The van der Waals surface area contributed by atoms with E-state index in [0.29, 0.717) is 12.6 Å². The topological polar surface area (TPSA) is 73.5 Å². The fourth-order valence-electron chi connectivity index (χ4n) is 3.40. The third-order valence-corrected chi connectivity index (χ3v) is 4.49. The molecule has 0 spiro atoms. The second-order valence-corrected chi connectivity index (χ2v) is 5.61. The summed E-state index contributed by atoms with van der Waals surface area (Å²) in [6.07, 6.45) is 5.39. The Morgan fingerprint density at radius 2 is 1.81 bits per heavy atom. The van der Waals surface area contributed by atoms with Crippen LogP contribution in [0.15, 0.2) is 24.3 Å². The van der Waals surface area contributed by atoms with Crippen LogP contribution >= 0.6 is 24.8 Å². The van der Waals surface area contributed by atoms with Crippen molar-refractivity contribution in [2.45, 2.75) is 50.4 Å². The fourth-order valence-corrected chi connectivity index (χ4v) is 3.40. The van der Waals surface area contributed by atoms with E-state index in [9.17, 15) is 0 Å². The maximum absolute atomic E-state index is 6.14. The number of hydrogen-bond donors (Lipinski definition) is 2. The molecule has 2 fully saturated rings. The van der Waals surface area contributed by atoms with Gasteiger partial charge in [-0.25, -0.2) is 0 Å². The number of nitrogens with zero attached hydrogens (tertiary/aromatic N) is 1. The summed E-state index contributed by atoms with van der Waals surface area (Å²) in [6, 6.07) is 9.64. The smallest absolute Gasteiger partial charge is 0.120 e. The van der Waals surface area contributed by atoms with Crippen LogP contribution in [0.2, 0.25) is 0 Å². The number of ether oxygens (including phenoxy) is 1. The lowest BCUT2D eigenvalue weighted by Gasteiger charge is -2.36. The van der Waals surface area contributed by atoms with Gasteiger partial charge in [0.2, 0.25) is 0 Å². The fraction of sp³-hybridized carbons (Fsp3) is 0.600. The molecule has 0 aromatic heterocycles. The van der Waals surface area contributed by atoms with Gasteiger partial charge in [0, 0.05) is 18.6 Å². The molecule has 2 heterocycles. The largest absolute Gasteiger partial charge is 0.490 e. The van der Waals surface area contributed by atoms with Crippen molar-refractivity contribution in [3.63, 3.8) is 0 Å². The first-order chi connectivity index (χ1) is 8.76. The van der Waals surface area contributed by atoms with E-state index in [-0.39, 0.29) is 31.0 Å². The molecule has 1 unspecified atom stereocenters. The summed E-state index contributed by atoms with van der Waals surface area (Å²) >= 11 is 0. The number of rotatable bonds is 3. The highest BCUT2D eigenvalue weighted by Gasteiger charge is 2.39. The first-order valence-electron chi connectivity index (χ1n) is 6.94. The first-order valence-corrected chi connectivity index (χ1v) is 6.94. The molecule has 0 radical (unpaired) electrons. The summed E-state index contributed by atoms with van der Waals surface area (Å²) in [5.74, 6) is 0.979. The van der Waals surface area contributed by atoms with Gasteiger partial charge >= 0.3 is 0 Å². The minimum atomic E-state index is 0. The van der Waals surface area contributed by atoms with E-state index in [1.165, 1.54) is 25.7 Å². The second kappa shape index (κ2) is 8.81. The molecule has 122 valence electrons. The van der Waals surface area contributed by atoms with E-state index in [0.717, 1.165) is 23.4 Å². The average Bonchev–Trinajstić information content (AvgIpc) is 2.62. The molecule has 0 saturated carbocycles. The van der Waals surface area contributed by atoms with Crippen LogP contribution in [0.1, 0.15) is 31.2 Å². The Morgan fingerprint density at radius 3 is 2.38 bits per heavy atom. The van der Waals surface area contributed by atoms with Crippen molar-refractivity contribution in [2.75, 3.05) is 7.05 Å². The van der Waals surface area contributed by atoms with Crippen molar-refractivity contribution in [1.29, 1.82) is 0 Å². The zero-order valence-corrected chi connectivity index (χ0v) is 14.2. The molecule has 2 aliphatic heterocycles. The summed E-state index contributed by atoms with van der Waals surface area (Å²) < 4.78 is 6.14. The minimum absolute atomic E-state index is 0. The van der Waals surface area contributed by atoms with Crippen molar-refractivity contribution >= 4 is 24.8 Å². The van der Waals surface area contributed by atoms with Crippen LogP contribution in [0, 0.1) is 0 Å². The molecule has 21 heavy (non-hydrogen) atoms. The zero-order chi connectivity index (χ0) is 12.5. The lowest BCUT2D eigenvalue weighted by Crippen LogP contribution is -2.43. The highest BCUT2D eigenvalue weighted by Crippen LogP contribution is 2.35. The van der Waals surface area contributed by atoms with Crippen molar-refractivity contribution < 1.29 is 4.74 Å². The van der Waals surface area contributed by atoms with Crippen LogP contribution < -0.4 is 16.6 Å². The van der Waals surface area contributed by atoms with Gasteiger partial charge in [-0.1, -0.05) is 12.1 Å². The third kappa shape index (κ3) is 4.47. The Morgan fingerprint density at radius 1 is 1.19 bits per heavy atom. The van der Waals surface area contributed by atoms with E-state index in [1.54, 1.807) is 0 Å².